The van der Waals surface area contributed by atoms with Gasteiger partial charge in [0.1, 0.15) is 18.5 Å². The summed E-state index contributed by atoms with van der Waals surface area (Å²) in [6, 6.07) is 9.56. The van der Waals surface area contributed by atoms with Crippen LogP contribution in [0.2, 0.25) is 0 Å². The van der Waals surface area contributed by atoms with Crippen LogP contribution in [0.25, 0.3) is 11.2 Å². The second kappa shape index (κ2) is 10.0. The Kier molecular flexibility index (Phi) is 6.45. The summed E-state index contributed by atoms with van der Waals surface area (Å²) in [5.41, 5.74) is 1.94. The molecule has 5 atom stereocenters. The normalized spacial score (nSPS) is 26.9. The van der Waals surface area contributed by atoms with Gasteiger partial charge in [0, 0.05) is 26.1 Å². The van der Waals surface area contributed by atoms with Gasteiger partial charge in [-0.1, -0.05) is 30.3 Å². The molecule has 2 N–H and O–H groups in total. The van der Waals surface area contributed by atoms with Gasteiger partial charge < -0.3 is 24.4 Å². The highest BCUT2D eigenvalue weighted by molar-refractivity contribution is 5.95. The van der Waals surface area contributed by atoms with Crippen LogP contribution in [0.3, 0.4) is 0 Å². The fourth-order valence-corrected chi connectivity index (χ4v) is 5.20. The van der Waals surface area contributed by atoms with E-state index in [4.69, 9.17) is 14.2 Å². The predicted molar refractivity (Wildman–Crippen MR) is 131 cm³/mol. The molecule has 3 aromatic rings. The van der Waals surface area contributed by atoms with Crippen LogP contribution in [0.4, 0.5) is 10.6 Å². The highest BCUT2D eigenvalue weighted by Gasteiger charge is 2.57. The number of carbonyl (C=O) groups is 2. The van der Waals surface area contributed by atoms with Crippen LogP contribution >= 0.6 is 0 Å². The summed E-state index contributed by atoms with van der Waals surface area (Å²) in [6.07, 6.45) is 2.31. The number of nitrogens with one attached hydrogen (secondary N) is 2. The number of urea groups is 1. The number of ether oxygens (including phenoxy) is 3. The molecule has 0 saturated carbocycles. The summed E-state index contributed by atoms with van der Waals surface area (Å²) in [4.78, 5) is 40.4. The molecule has 1 aromatic carbocycles. The predicted octanol–water partition coefficient (Wildman–Crippen LogP) is 1.84. The molecule has 12 nitrogen and oxygen atoms in total. The lowest BCUT2D eigenvalue weighted by Crippen LogP contribution is -2.43. The summed E-state index contributed by atoms with van der Waals surface area (Å²) >= 11 is 0. The monoisotopic (exact) mass is 507 g/mol. The molecular weight excluding hydrogens is 478 g/mol. The first kappa shape index (κ1) is 23.8. The molecule has 3 amide bonds. The number of anilines is 1. The topological polar surface area (TPSA) is 133 Å². The SMILES string of the molecule is CCNC(=O)Nc1ncnc2c1ncn2C1OC(C(=O)N2CCCC2)C2OC(Cc3ccccc3)OC21. The Morgan fingerprint density at radius 3 is 2.59 bits per heavy atom. The van der Waals surface area contributed by atoms with Crippen molar-refractivity contribution >= 4 is 28.9 Å². The Labute approximate surface area is 213 Å². The van der Waals surface area contributed by atoms with Crippen molar-refractivity contribution in [2.24, 2.45) is 0 Å². The van der Waals surface area contributed by atoms with Gasteiger partial charge >= 0.3 is 6.03 Å². The average Bonchev–Trinajstić information content (AvgIpc) is 3.69. The van der Waals surface area contributed by atoms with Gasteiger partial charge in [-0.05, 0) is 25.3 Å². The van der Waals surface area contributed by atoms with Crippen LogP contribution in [-0.2, 0) is 25.4 Å². The molecule has 3 aliphatic rings. The molecule has 0 radical (unpaired) electrons. The quantitative estimate of drug-likeness (QED) is 0.517. The van der Waals surface area contributed by atoms with Crippen molar-refractivity contribution in [1.82, 2.24) is 29.7 Å². The lowest BCUT2D eigenvalue weighted by atomic mass is 10.1. The lowest BCUT2D eigenvalue weighted by Gasteiger charge is -2.24. The van der Waals surface area contributed by atoms with Gasteiger partial charge in [-0.2, -0.15) is 0 Å². The van der Waals surface area contributed by atoms with Gasteiger partial charge in [-0.3, -0.25) is 14.7 Å². The molecule has 3 saturated heterocycles. The molecule has 0 aliphatic carbocycles. The summed E-state index contributed by atoms with van der Waals surface area (Å²) < 4.78 is 20.7. The van der Waals surface area contributed by atoms with Gasteiger partial charge in [0.2, 0.25) is 0 Å². The number of benzene rings is 1. The highest BCUT2D eigenvalue weighted by atomic mass is 16.8. The molecule has 0 bridgehead atoms. The molecule has 5 heterocycles. The number of imidazole rings is 1. The Balaban J connectivity index is 1.30. The third kappa shape index (κ3) is 4.52. The number of likely N-dealkylation sites (tertiary alicyclic amines) is 1. The lowest BCUT2D eigenvalue weighted by molar-refractivity contribution is -0.166. The molecule has 194 valence electrons. The zero-order valence-electron chi connectivity index (χ0n) is 20.4. The number of nitrogens with zero attached hydrogens (tertiary/aromatic N) is 5. The summed E-state index contributed by atoms with van der Waals surface area (Å²) in [5, 5.41) is 5.37. The molecule has 2 aromatic heterocycles. The van der Waals surface area contributed by atoms with Crippen molar-refractivity contribution in [2.75, 3.05) is 25.0 Å². The third-order valence-electron chi connectivity index (χ3n) is 6.92. The summed E-state index contributed by atoms with van der Waals surface area (Å²) in [6.45, 7) is 3.73. The third-order valence-corrected chi connectivity index (χ3v) is 6.92. The Morgan fingerprint density at radius 1 is 1.03 bits per heavy atom. The fraction of sp³-hybridized carbons (Fsp3) is 0.480. The van der Waals surface area contributed by atoms with Crippen molar-refractivity contribution < 1.29 is 23.8 Å². The van der Waals surface area contributed by atoms with Crippen molar-refractivity contribution in [2.45, 2.75) is 57.0 Å². The molecule has 37 heavy (non-hydrogen) atoms. The number of carbonyl (C=O) groups excluding carboxylic acids is 2. The second-order valence-electron chi connectivity index (χ2n) is 9.33. The minimum absolute atomic E-state index is 0.0865. The zero-order valence-corrected chi connectivity index (χ0v) is 20.4. The zero-order chi connectivity index (χ0) is 25.4. The highest BCUT2D eigenvalue weighted by Crippen LogP contribution is 2.42. The Bertz CT molecular complexity index is 1280. The average molecular weight is 508 g/mol. The minimum Gasteiger partial charge on any atom is -0.343 e. The maximum absolute atomic E-state index is 13.4. The van der Waals surface area contributed by atoms with Crippen molar-refractivity contribution in [3.05, 3.63) is 48.5 Å². The van der Waals surface area contributed by atoms with E-state index in [1.807, 2.05) is 42.2 Å². The number of aromatic nitrogens is 4. The van der Waals surface area contributed by atoms with Gasteiger partial charge in [-0.25, -0.2) is 19.7 Å². The first-order valence-electron chi connectivity index (χ1n) is 12.6. The van der Waals surface area contributed by atoms with Crippen LogP contribution in [-0.4, -0.2) is 80.6 Å². The second-order valence-corrected chi connectivity index (χ2v) is 9.33. The fourth-order valence-electron chi connectivity index (χ4n) is 5.20. The first-order valence-corrected chi connectivity index (χ1v) is 12.6. The summed E-state index contributed by atoms with van der Waals surface area (Å²) in [5.74, 6) is 0.191. The number of hydrogen-bond donors (Lipinski definition) is 2. The number of fused-ring (bicyclic) bond motifs is 2. The largest absolute Gasteiger partial charge is 0.343 e. The van der Waals surface area contributed by atoms with Gasteiger partial charge in [0.05, 0.1) is 6.33 Å². The molecule has 5 unspecified atom stereocenters. The smallest absolute Gasteiger partial charge is 0.320 e. The van der Waals surface area contributed by atoms with Crippen molar-refractivity contribution in [3.63, 3.8) is 0 Å². The van der Waals surface area contributed by atoms with E-state index in [-0.39, 0.29) is 17.8 Å². The van der Waals surface area contributed by atoms with Crippen LogP contribution in [0.15, 0.2) is 43.0 Å². The van der Waals surface area contributed by atoms with E-state index in [2.05, 4.69) is 25.6 Å². The number of amides is 3. The van der Waals surface area contributed by atoms with Crippen LogP contribution < -0.4 is 10.6 Å². The van der Waals surface area contributed by atoms with Crippen LogP contribution in [0, 0.1) is 0 Å². The van der Waals surface area contributed by atoms with E-state index in [9.17, 15) is 9.59 Å². The standard InChI is InChI=1S/C25H29N7O5/c1-2-26-25(34)30-21-17-22(28-13-27-21)32(14-29-17)24-20-18(19(37-24)23(33)31-10-6-7-11-31)35-16(36-20)12-15-8-4-3-5-9-15/h3-5,8-9,13-14,16,18-20,24H,2,6-7,10-12H2,1H3,(H2,26,27,28,30,34). The van der Waals surface area contributed by atoms with E-state index in [1.54, 1.807) is 10.9 Å². The van der Waals surface area contributed by atoms with E-state index < -0.39 is 30.8 Å². The Hall–Kier alpha value is -3.61. The van der Waals surface area contributed by atoms with Gasteiger partial charge in [-0.15, -0.1) is 0 Å². The van der Waals surface area contributed by atoms with Gasteiger partial charge in [0.25, 0.3) is 5.91 Å². The molecule has 3 aliphatic heterocycles. The minimum atomic E-state index is -0.805. The number of rotatable bonds is 6. The maximum Gasteiger partial charge on any atom is 0.320 e. The van der Waals surface area contributed by atoms with Crippen molar-refractivity contribution in [1.29, 1.82) is 0 Å². The van der Waals surface area contributed by atoms with E-state index >= 15 is 0 Å². The summed E-state index contributed by atoms with van der Waals surface area (Å²) in [7, 11) is 0. The molecule has 0 spiro atoms. The molecule has 3 fully saturated rings. The molecular formula is C25H29N7O5. The van der Waals surface area contributed by atoms with E-state index in [1.165, 1.54) is 6.33 Å². The van der Waals surface area contributed by atoms with Gasteiger partial charge in [0.15, 0.2) is 35.6 Å². The van der Waals surface area contributed by atoms with E-state index in [0.717, 1.165) is 18.4 Å². The van der Waals surface area contributed by atoms with Crippen molar-refractivity contribution in [3.8, 4) is 0 Å². The molecule has 12 heteroatoms. The van der Waals surface area contributed by atoms with Crippen LogP contribution in [0.5, 0.6) is 0 Å². The maximum atomic E-state index is 13.4. The first-order chi connectivity index (χ1) is 18.1. The number of hydrogen-bond acceptors (Lipinski definition) is 8. The Morgan fingerprint density at radius 2 is 1.81 bits per heavy atom. The molecule has 6 rings (SSSR count). The van der Waals surface area contributed by atoms with E-state index in [0.29, 0.717) is 37.2 Å². The van der Waals surface area contributed by atoms with Crippen LogP contribution in [0.1, 0.15) is 31.6 Å².